The highest BCUT2D eigenvalue weighted by atomic mass is 16.5. The summed E-state index contributed by atoms with van der Waals surface area (Å²) in [5.41, 5.74) is 3.11. The summed E-state index contributed by atoms with van der Waals surface area (Å²) in [4.78, 5) is 14.7. The van der Waals surface area contributed by atoms with Crippen molar-refractivity contribution in [1.82, 2.24) is 4.98 Å². The first-order valence-electron chi connectivity index (χ1n) is 5.38. The van der Waals surface area contributed by atoms with Crippen molar-refractivity contribution in [3.63, 3.8) is 0 Å². The van der Waals surface area contributed by atoms with Gasteiger partial charge in [0, 0.05) is 18.0 Å². The molecule has 0 aromatic carbocycles. The summed E-state index contributed by atoms with van der Waals surface area (Å²) in [6, 6.07) is 0. The molecule has 2 atom stereocenters. The maximum absolute atomic E-state index is 11.7. The van der Waals surface area contributed by atoms with Crippen LogP contribution in [-0.4, -0.2) is 17.6 Å². The van der Waals surface area contributed by atoms with Gasteiger partial charge in [-0.3, -0.25) is 0 Å². The summed E-state index contributed by atoms with van der Waals surface area (Å²) < 4.78 is 5.02. The van der Waals surface area contributed by atoms with Gasteiger partial charge >= 0.3 is 5.97 Å². The lowest BCUT2D eigenvalue weighted by atomic mass is 9.99. The van der Waals surface area contributed by atoms with Crippen molar-refractivity contribution in [1.29, 1.82) is 0 Å². The van der Waals surface area contributed by atoms with Gasteiger partial charge in [-0.2, -0.15) is 0 Å². The molecule has 15 heavy (non-hydrogen) atoms. The van der Waals surface area contributed by atoms with Gasteiger partial charge in [0.15, 0.2) is 0 Å². The molecule has 1 heterocycles. The van der Waals surface area contributed by atoms with Gasteiger partial charge < -0.3 is 9.72 Å². The first-order chi connectivity index (χ1) is 7.31. The number of carbonyl (C=O) groups excluding carboxylic acids is 1. The molecular weight excluding hydrogens is 190 g/mol. The van der Waals surface area contributed by atoms with Crippen molar-refractivity contribution in [2.45, 2.75) is 25.2 Å². The maximum Gasteiger partial charge on any atom is 0.355 e. The molecule has 3 heteroatoms. The van der Waals surface area contributed by atoms with E-state index in [1.165, 1.54) is 11.1 Å². The van der Waals surface area contributed by atoms with Gasteiger partial charge in [0.25, 0.3) is 0 Å². The highest BCUT2D eigenvalue weighted by Crippen LogP contribution is 2.49. The van der Waals surface area contributed by atoms with Crippen LogP contribution in [0, 0.1) is 0 Å². The van der Waals surface area contributed by atoms with E-state index in [-0.39, 0.29) is 5.97 Å². The lowest BCUT2D eigenvalue weighted by Gasteiger charge is -2.07. The Morgan fingerprint density at radius 2 is 2.33 bits per heavy atom. The van der Waals surface area contributed by atoms with E-state index in [0.29, 0.717) is 24.1 Å². The van der Waals surface area contributed by atoms with Crippen molar-refractivity contribution >= 4 is 5.97 Å². The molecule has 0 saturated heterocycles. The number of aromatic amines is 1. The van der Waals surface area contributed by atoms with Crippen molar-refractivity contribution < 1.29 is 9.53 Å². The summed E-state index contributed by atoms with van der Waals surface area (Å²) in [6.07, 6.45) is 7.51. The molecule has 2 bridgehead atoms. The summed E-state index contributed by atoms with van der Waals surface area (Å²) in [7, 11) is 0. The summed E-state index contributed by atoms with van der Waals surface area (Å²) in [5.74, 6) is 0.722. The average molecular weight is 203 g/mol. The minimum atomic E-state index is -0.222. The summed E-state index contributed by atoms with van der Waals surface area (Å²) in [6.45, 7) is 2.25. The minimum absolute atomic E-state index is 0.222. The number of hydrogen-bond donors (Lipinski definition) is 1. The van der Waals surface area contributed by atoms with E-state index in [1.54, 1.807) is 0 Å². The monoisotopic (exact) mass is 203 g/mol. The van der Waals surface area contributed by atoms with E-state index in [1.807, 2.05) is 13.1 Å². The molecule has 2 aliphatic rings. The van der Waals surface area contributed by atoms with Crippen molar-refractivity contribution in [3.8, 4) is 0 Å². The van der Waals surface area contributed by atoms with Gasteiger partial charge in [0.05, 0.1) is 6.61 Å². The zero-order valence-corrected chi connectivity index (χ0v) is 8.62. The molecule has 78 valence electrons. The second-order valence-corrected chi connectivity index (χ2v) is 4.09. The Hall–Kier alpha value is -1.51. The third-order valence-corrected chi connectivity index (χ3v) is 3.29. The van der Waals surface area contributed by atoms with Gasteiger partial charge in [-0.05, 0) is 24.5 Å². The Bertz CT molecular complexity index is 444. The van der Waals surface area contributed by atoms with Gasteiger partial charge in [0.2, 0.25) is 0 Å². The van der Waals surface area contributed by atoms with Crippen LogP contribution in [0.3, 0.4) is 0 Å². The first-order valence-corrected chi connectivity index (χ1v) is 5.38. The number of carbonyl (C=O) groups is 1. The molecule has 0 aliphatic heterocycles. The van der Waals surface area contributed by atoms with Crippen LogP contribution in [0.25, 0.3) is 0 Å². The fourth-order valence-corrected chi connectivity index (χ4v) is 2.67. The predicted octanol–water partition coefficient (Wildman–Crippen LogP) is 2.33. The van der Waals surface area contributed by atoms with E-state index in [4.69, 9.17) is 4.74 Å². The molecule has 0 saturated carbocycles. The molecule has 3 nitrogen and oxygen atoms in total. The highest BCUT2D eigenvalue weighted by Gasteiger charge is 2.37. The number of aromatic nitrogens is 1. The predicted molar refractivity (Wildman–Crippen MR) is 56.0 cm³/mol. The largest absolute Gasteiger partial charge is 0.461 e. The normalized spacial score (nSPS) is 25.7. The SMILES string of the molecule is CCOC(=O)c1[nH]cc2c1[C@H]1C=C[C@@H]2C1. The van der Waals surface area contributed by atoms with Crippen LogP contribution in [0.1, 0.15) is 46.8 Å². The molecule has 0 radical (unpaired) electrons. The second-order valence-electron chi connectivity index (χ2n) is 4.09. The van der Waals surface area contributed by atoms with Crippen molar-refractivity contribution in [3.05, 3.63) is 35.2 Å². The van der Waals surface area contributed by atoms with E-state index in [2.05, 4.69) is 17.1 Å². The lowest BCUT2D eigenvalue weighted by molar-refractivity contribution is 0.0519. The van der Waals surface area contributed by atoms with Crippen LogP contribution in [0.2, 0.25) is 0 Å². The van der Waals surface area contributed by atoms with Crippen molar-refractivity contribution in [2.75, 3.05) is 6.61 Å². The number of H-pyrrole nitrogens is 1. The molecule has 1 aromatic rings. The Morgan fingerprint density at radius 3 is 3.13 bits per heavy atom. The number of ether oxygens (including phenoxy) is 1. The minimum Gasteiger partial charge on any atom is -0.461 e. The van der Waals surface area contributed by atoms with E-state index < -0.39 is 0 Å². The second kappa shape index (κ2) is 2.99. The van der Waals surface area contributed by atoms with E-state index in [0.717, 1.165) is 6.42 Å². The number of nitrogens with one attached hydrogen (secondary N) is 1. The molecule has 0 unspecified atom stereocenters. The lowest BCUT2D eigenvalue weighted by Crippen LogP contribution is -2.08. The standard InChI is InChI=1S/C12H13NO2/c1-2-15-12(14)11-10-8-4-3-7(5-8)9(10)6-13-11/h3-4,6-8,13H,2,5H2,1H3/t7-,8+/m1/s1. The quantitative estimate of drug-likeness (QED) is 0.592. The Balaban J connectivity index is 2.00. The van der Waals surface area contributed by atoms with Gasteiger partial charge in [-0.15, -0.1) is 0 Å². The van der Waals surface area contributed by atoms with Crippen LogP contribution in [-0.2, 0) is 4.74 Å². The summed E-state index contributed by atoms with van der Waals surface area (Å²) >= 11 is 0. The number of hydrogen-bond acceptors (Lipinski definition) is 2. The number of allylic oxidation sites excluding steroid dienone is 2. The topological polar surface area (TPSA) is 42.1 Å². The zero-order valence-electron chi connectivity index (χ0n) is 8.62. The molecular formula is C12H13NO2. The molecule has 1 N–H and O–H groups in total. The summed E-state index contributed by atoms with van der Waals surface area (Å²) in [5, 5.41) is 0. The first kappa shape index (κ1) is 8.77. The molecule has 0 amide bonds. The third kappa shape index (κ3) is 1.09. The van der Waals surface area contributed by atoms with E-state index >= 15 is 0 Å². The van der Waals surface area contributed by atoms with Crippen LogP contribution < -0.4 is 0 Å². The zero-order chi connectivity index (χ0) is 10.4. The number of fused-ring (bicyclic) bond motifs is 5. The molecule has 2 aliphatic carbocycles. The van der Waals surface area contributed by atoms with Crippen molar-refractivity contribution in [2.24, 2.45) is 0 Å². The Labute approximate surface area is 88.1 Å². The van der Waals surface area contributed by atoms with Gasteiger partial charge in [0.1, 0.15) is 5.69 Å². The van der Waals surface area contributed by atoms with Crippen LogP contribution in [0.4, 0.5) is 0 Å². The number of esters is 1. The van der Waals surface area contributed by atoms with Crippen LogP contribution >= 0.6 is 0 Å². The molecule has 3 rings (SSSR count). The Kier molecular flexibility index (Phi) is 1.75. The van der Waals surface area contributed by atoms with Gasteiger partial charge in [-0.25, -0.2) is 4.79 Å². The smallest absolute Gasteiger partial charge is 0.355 e. The average Bonchev–Trinajstić information content (AvgIpc) is 2.90. The molecule has 1 aromatic heterocycles. The van der Waals surface area contributed by atoms with Gasteiger partial charge in [-0.1, -0.05) is 12.2 Å². The fraction of sp³-hybridized carbons (Fsp3) is 0.417. The van der Waals surface area contributed by atoms with Crippen LogP contribution in [0.15, 0.2) is 18.3 Å². The highest BCUT2D eigenvalue weighted by molar-refractivity contribution is 5.90. The molecule has 0 fully saturated rings. The number of rotatable bonds is 2. The fourth-order valence-electron chi connectivity index (χ4n) is 2.67. The third-order valence-electron chi connectivity index (χ3n) is 3.29. The Morgan fingerprint density at radius 1 is 1.53 bits per heavy atom. The molecule has 0 spiro atoms. The van der Waals surface area contributed by atoms with E-state index in [9.17, 15) is 4.79 Å². The maximum atomic E-state index is 11.7. The van der Waals surface area contributed by atoms with Crippen LogP contribution in [0.5, 0.6) is 0 Å².